The van der Waals surface area contributed by atoms with E-state index in [0.29, 0.717) is 0 Å². The van der Waals surface area contributed by atoms with Gasteiger partial charge in [-0.2, -0.15) is 0 Å². The van der Waals surface area contributed by atoms with Crippen molar-refractivity contribution in [1.82, 2.24) is 10.0 Å². The van der Waals surface area contributed by atoms with Gasteiger partial charge in [0.1, 0.15) is 17.6 Å². The molecule has 150 valence electrons. The third-order valence-electron chi connectivity index (χ3n) is 6.02. The lowest BCUT2D eigenvalue weighted by molar-refractivity contribution is -0.126. The summed E-state index contributed by atoms with van der Waals surface area (Å²) in [6.07, 6.45) is 0.924. The van der Waals surface area contributed by atoms with E-state index in [0.717, 1.165) is 41.8 Å². The Morgan fingerprint density at radius 2 is 1.69 bits per heavy atom. The number of carbonyl (C=O) groups excluding carboxylic acids is 2. The van der Waals surface area contributed by atoms with Crippen molar-refractivity contribution >= 4 is 29.1 Å². The highest BCUT2D eigenvalue weighted by atomic mass is 35.5. The Hall–Kier alpha value is -2.48. The third kappa shape index (κ3) is 2.68. The van der Waals surface area contributed by atoms with Gasteiger partial charge in [0.15, 0.2) is 0 Å². The van der Waals surface area contributed by atoms with Gasteiger partial charge in [-0.1, -0.05) is 23.7 Å². The van der Waals surface area contributed by atoms with Gasteiger partial charge in [-0.05, 0) is 42.3 Å². The Morgan fingerprint density at radius 1 is 1.00 bits per heavy atom. The van der Waals surface area contributed by atoms with Crippen LogP contribution in [0.3, 0.4) is 0 Å². The summed E-state index contributed by atoms with van der Waals surface area (Å²) in [6, 6.07) is 10.8. The molecule has 3 heterocycles. The van der Waals surface area contributed by atoms with Crippen LogP contribution in [0.5, 0.6) is 5.75 Å². The first-order valence-corrected chi connectivity index (χ1v) is 9.89. The number of amides is 2. The zero-order valence-corrected chi connectivity index (χ0v) is 16.5. The molecule has 2 aromatic carbocycles. The molecule has 3 aliphatic heterocycles. The maximum absolute atomic E-state index is 14.0. The van der Waals surface area contributed by atoms with Crippen LogP contribution in [0.1, 0.15) is 18.0 Å². The molecule has 0 spiro atoms. The first-order chi connectivity index (χ1) is 14.0. The molecule has 3 saturated heterocycles. The molecule has 2 amide bonds. The van der Waals surface area contributed by atoms with Gasteiger partial charge in [-0.15, -0.1) is 0 Å². The molecule has 3 fully saturated rings. The summed E-state index contributed by atoms with van der Waals surface area (Å²) < 4.78 is 19.2. The summed E-state index contributed by atoms with van der Waals surface area (Å²) in [5, 5.41) is 4.09. The van der Waals surface area contributed by atoms with E-state index in [1.54, 1.807) is 7.11 Å². The smallest absolute Gasteiger partial charge is 0.253 e. The van der Waals surface area contributed by atoms with Crippen LogP contribution in [0, 0.1) is 11.7 Å². The van der Waals surface area contributed by atoms with Crippen molar-refractivity contribution in [2.24, 2.45) is 5.92 Å². The minimum Gasteiger partial charge on any atom is -0.497 e. The Bertz CT molecular complexity index is 999. The fourth-order valence-electron chi connectivity index (χ4n) is 4.79. The molecule has 0 bridgehead atoms. The van der Waals surface area contributed by atoms with Crippen LogP contribution in [0.2, 0.25) is 5.02 Å². The predicted octanol–water partition coefficient (Wildman–Crippen LogP) is 3.02. The minimum atomic E-state index is -0.656. The number of rotatable bonds is 3. The van der Waals surface area contributed by atoms with Crippen molar-refractivity contribution in [2.45, 2.75) is 18.5 Å². The largest absolute Gasteiger partial charge is 0.497 e. The number of ether oxygens (including phenoxy) is 1. The molecule has 3 aliphatic rings. The predicted molar refractivity (Wildman–Crippen MR) is 105 cm³/mol. The van der Waals surface area contributed by atoms with Gasteiger partial charge < -0.3 is 4.74 Å². The van der Waals surface area contributed by atoms with Crippen LogP contribution in [-0.2, 0) is 9.59 Å². The second-order valence-electron chi connectivity index (χ2n) is 7.48. The zero-order chi connectivity index (χ0) is 20.3. The lowest BCUT2D eigenvalue weighted by Crippen LogP contribution is -2.44. The van der Waals surface area contributed by atoms with Gasteiger partial charge in [0.2, 0.25) is 5.91 Å². The number of benzene rings is 2. The normalized spacial score (nSPS) is 26.9. The number of nitrogens with zero attached hydrogens (tertiary/aromatic N) is 3. The quantitative estimate of drug-likeness (QED) is 0.721. The monoisotopic (exact) mass is 415 g/mol. The molecule has 0 saturated carbocycles. The summed E-state index contributed by atoms with van der Waals surface area (Å²) in [5.41, 5.74) is 1.17. The van der Waals surface area contributed by atoms with Gasteiger partial charge in [0.25, 0.3) is 5.91 Å². The lowest BCUT2D eigenvalue weighted by Gasteiger charge is -2.29. The number of fused-ring (bicyclic) bond motifs is 3. The molecule has 6 nitrogen and oxygen atoms in total. The first kappa shape index (κ1) is 18.5. The van der Waals surface area contributed by atoms with E-state index in [2.05, 4.69) is 5.01 Å². The average molecular weight is 416 g/mol. The minimum absolute atomic E-state index is 0.0464. The summed E-state index contributed by atoms with van der Waals surface area (Å²) in [5.74, 6) is -1.10. The highest BCUT2D eigenvalue weighted by Gasteiger charge is 2.62. The molecular formula is C21H19ClFN3O3. The number of hydrogen-bond donors (Lipinski definition) is 0. The van der Waals surface area contributed by atoms with Crippen molar-refractivity contribution in [3.05, 3.63) is 58.9 Å². The summed E-state index contributed by atoms with van der Waals surface area (Å²) in [6.45, 7) is 1.51. The average Bonchev–Trinajstić information content (AvgIpc) is 3.37. The molecule has 8 heteroatoms. The molecule has 2 aromatic rings. The highest BCUT2D eigenvalue weighted by Crippen LogP contribution is 2.49. The highest BCUT2D eigenvalue weighted by molar-refractivity contribution is 6.31. The van der Waals surface area contributed by atoms with E-state index < -0.39 is 17.8 Å². The van der Waals surface area contributed by atoms with Crippen LogP contribution in [-0.4, -0.2) is 48.1 Å². The number of hydrazine groups is 1. The van der Waals surface area contributed by atoms with Crippen LogP contribution in [0.4, 0.5) is 10.1 Å². The molecule has 5 rings (SSSR count). The van der Waals surface area contributed by atoms with Crippen molar-refractivity contribution in [3.63, 3.8) is 0 Å². The molecule has 3 atom stereocenters. The van der Waals surface area contributed by atoms with E-state index in [9.17, 15) is 14.0 Å². The second-order valence-corrected chi connectivity index (χ2v) is 7.89. The summed E-state index contributed by atoms with van der Waals surface area (Å²) in [7, 11) is 1.60. The number of methoxy groups -OCH3 is 1. The number of imide groups is 1. The Morgan fingerprint density at radius 3 is 2.34 bits per heavy atom. The fraction of sp³-hybridized carbons (Fsp3) is 0.333. The lowest BCUT2D eigenvalue weighted by atomic mass is 9.90. The van der Waals surface area contributed by atoms with Crippen LogP contribution >= 0.6 is 11.6 Å². The van der Waals surface area contributed by atoms with Crippen LogP contribution in [0.25, 0.3) is 0 Å². The van der Waals surface area contributed by atoms with Gasteiger partial charge in [-0.25, -0.2) is 19.3 Å². The number of anilines is 1. The molecule has 0 aromatic heterocycles. The van der Waals surface area contributed by atoms with Crippen LogP contribution in [0.15, 0.2) is 42.5 Å². The van der Waals surface area contributed by atoms with Gasteiger partial charge in [0, 0.05) is 13.1 Å². The van der Waals surface area contributed by atoms with Crippen LogP contribution < -0.4 is 9.64 Å². The second kappa shape index (κ2) is 6.79. The van der Waals surface area contributed by atoms with Crippen molar-refractivity contribution < 1.29 is 18.7 Å². The van der Waals surface area contributed by atoms with Gasteiger partial charge in [0.05, 0.1) is 29.8 Å². The molecule has 0 aliphatic carbocycles. The van der Waals surface area contributed by atoms with Gasteiger partial charge in [-0.3, -0.25) is 9.59 Å². The number of carbonyl (C=O) groups is 2. The SMILES string of the molecule is COc1ccc([C@H]2[C@@H]3C(=O)N(c4ccc(Cl)c(F)c4)C(=O)[C@@H]3N3CCCN23)cc1. The van der Waals surface area contributed by atoms with E-state index >= 15 is 0 Å². The Balaban J connectivity index is 1.56. The maximum Gasteiger partial charge on any atom is 0.253 e. The number of halogens is 2. The molecular weight excluding hydrogens is 397 g/mol. The summed E-state index contributed by atoms with van der Waals surface area (Å²) >= 11 is 5.77. The van der Waals surface area contributed by atoms with Crippen molar-refractivity contribution in [3.8, 4) is 5.75 Å². The fourth-order valence-corrected chi connectivity index (χ4v) is 4.91. The third-order valence-corrected chi connectivity index (χ3v) is 6.33. The van der Waals surface area contributed by atoms with Crippen molar-refractivity contribution in [1.29, 1.82) is 0 Å². The van der Waals surface area contributed by atoms with E-state index in [1.807, 2.05) is 29.3 Å². The molecule has 29 heavy (non-hydrogen) atoms. The van der Waals surface area contributed by atoms with Crippen molar-refractivity contribution in [2.75, 3.05) is 25.1 Å². The van der Waals surface area contributed by atoms with E-state index in [1.165, 1.54) is 12.1 Å². The number of hydrogen-bond acceptors (Lipinski definition) is 5. The Labute approximate surface area is 172 Å². The summed E-state index contributed by atoms with van der Waals surface area (Å²) in [4.78, 5) is 27.8. The maximum atomic E-state index is 14.0. The Kier molecular flexibility index (Phi) is 4.34. The molecule has 0 radical (unpaired) electrons. The molecule has 0 N–H and O–H groups in total. The topological polar surface area (TPSA) is 53.1 Å². The standard InChI is InChI=1S/C21H19ClFN3O3/c1-29-14-6-3-12(4-7-14)18-17-19(25-10-2-9-24(18)25)21(28)26(20(17)27)13-5-8-15(22)16(23)11-13/h3-8,11,17-19H,2,9-10H2,1H3/t17-,18-,19+/m0/s1. The van der Waals surface area contributed by atoms with E-state index in [4.69, 9.17) is 16.3 Å². The van der Waals surface area contributed by atoms with E-state index in [-0.39, 0.29) is 28.6 Å². The van der Waals surface area contributed by atoms with Gasteiger partial charge >= 0.3 is 0 Å². The molecule has 0 unspecified atom stereocenters. The zero-order valence-electron chi connectivity index (χ0n) is 15.7. The first-order valence-electron chi connectivity index (χ1n) is 9.51.